The van der Waals surface area contributed by atoms with Gasteiger partial charge in [0.05, 0.1) is 25.7 Å². The molecule has 0 radical (unpaired) electrons. The monoisotopic (exact) mass is 1120 g/mol. The number of primary amides is 1. The standard InChI is InChI=1S/C56H97N11O12/c1-9-12-13-14-15-16-17-18-19-20-21-25-43(70)59-32-44(71)60-33-46(73)64-49(37(7)11-3)55(78)65-47(35(4)5)54(77)67-50(38(8)68)56(79)63-42(31-39-26-28-40(69)29-27-39)52(75)61-34-45(72)62-41(24-22-23-30-57)53(76)66-48(51(58)74)36(6)10-2/h26-29,35-38,41-42,47-50,68-69H,9-25,30-34,57H2,1-8H3,(H2,58,74)(H,59,70)(H,60,71)(H,61,75)(H,62,72)(H,63,79)(H,64,73)(H,65,78)(H,66,76)(H,67,77)/t36-,37-,38+,41-,42-,47-,48-,49-,50-/m0/s1. The molecule has 1 aromatic rings. The number of benzene rings is 1. The number of phenolic OH excluding ortho intramolecular Hbond substituents is 1. The lowest BCUT2D eigenvalue weighted by Crippen LogP contribution is -2.62. The molecular weight excluding hydrogens is 1020 g/mol. The van der Waals surface area contributed by atoms with Gasteiger partial charge in [-0.3, -0.25) is 47.9 Å². The predicted octanol–water partition coefficient (Wildman–Crippen LogP) is 1.64. The van der Waals surface area contributed by atoms with Crippen molar-refractivity contribution >= 4 is 59.1 Å². The van der Waals surface area contributed by atoms with E-state index in [-0.39, 0.29) is 43.4 Å². The minimum absolute atomic E-state index is 0.0741. The van der Waals surface area contributed by atoms with Crippen LogP contribution in [0.4, 0.5) is 0 Å². The molecule has 0 aromatic heterocycles. The maximum Gasteiger partial charge on any atom is 0.245 e. The van der Waals surface area contributed by atoms with Gasteiger partial charge in [-0.25, -0.2) is 0 Å². The maximum atomic E-state index is 14.0. The number of hydrogen-bond donors (Lipinski definition) is 13. The number of aromatic hydroxyl groups is 1. The lowest BCUT2D eigenvalue weighted by atomic mass is 9.96. The lowest BCUT2D eigenvalue weighted by Gasteiger charge is -2.30. The van der Waals surface area contributed by atoms with Gasteiger partial charge in [-0.1, -0.05) is 138 Å². The molecule has 1 rings (SSSR count). The number of amides is 10. The first-order valence-electron chi connectivity index (χ1n) is 28.6. The minimum atomic E-state index is -1.69. The van der Waals surface area contributed by atoms with Crippen molar-refractivity contribution in [2.45, 2.75) is 213 Å². The van der Waals surface area contributed by atoms with Crippen molar-refractivity contribution in [2.24, 2.45) is 29.2 Å². The first-order chi connectivity index (χ1) is 37.5. The summed E-state index contributed by atoms with van der Waals surface area (Å²) in [6.07, 6.45) is 13.2. The summed E-state index contributed by atoms with van der Waals surface area (Å²) in [7, 11) is 0. The quantitative estimate of drug-likeness (QED) is 0.0415. The Morgan fingerprint density at radius 2 is 0.962 bits per heavy atom. The van der Waals surface area contributed by atoms with Crippen molar-refractivity contribution in [1.82, 2.24) is 47.9 Å². The van der Waals surface area contributed by atoms with Gasteiger partial charge in [-0.2, -0.15) is 0 Å². The van der Waals surface area contributed by atoms with Crippen LogP contribution >= 0.6 is 0 Å². The van der Waals surface area contributed by atoms with Crippen LogP contribution in [-0.4, -0.2) is 138 Å². The number of unbranched alkanes of at least 4 members (excludes halogenated alkanes) is 11. The predicted molar refractivity (Wildman–Crippen MR) is 301 cm³/mol. The minimum Gasteiger partial charge on any atom is -0.508 e. The van der Waals surface area contributed by atoms with Crippen molar-refractivity contribution in [3.8, 4) is 5.75 Å². The Labute approximate surface area is 468 Å². The van der Waals surface area contributed by atoms with Crippen LogP contribution in [0.3, 0.4) is 0 Å². The van der Waals surface area contributed by atoms with Crippen molar-refractivity contribution < 1.29 is 58.2 Å². The highest BCUT2D eigenvalue weighted by molar-refractivity contribution is 5.97. The number of carbonyl (C=O) groups excluding carboxylic acids is 10. The molecule has 0 bridgehead atoms. The smallest absolute Gasteiger partial charge is 0.245 e. The zero-order valence-electron chi connectivity index (χ0n) is 48.3. The molecule has 15 N–H and O–H groups in total. The van der Waals surface area contributed by atoms with E-state index in [0.29, 0.717) is 44.2 Å². The number of nitrogens with one attached hydrogen (secondary N) is 9. The first-order valence-corrected chi connectivity index (χ1v) is 28.6. The highest BCUT2D eigenvalue weighted by atomic mass is 16.3. The average molecular weight is 1120 g/mol. The molecule has 0 unspecified atom stereocenters. The van der Waals surface area contributed by atoms with Crippen LogP contribution in [0.2, 0.25) is 0 Å². The molecule has 9 atom stereocenters. The van der Waals surface area contributed by atoms with Crippen LogP contribution in [0.15, 0.2) is 24.3 Å². The van der Waals surface area contributed by atoms with E-state index in [1.807, 2.05) is 6.92 Å². The summed E-state index contributed by atoms with van der Waals surface area (Å²) in [6, 6.07) is -2.03. The molecule has 0 spiro atoms. The third kappa shape index (κ3) is 29.4. The molecule has 0 saturated heterocycles. The molecule has 0 fully saturated rings. The van der Waals surface area contributed by atoms with E-state index in [1.54, 1.807) is 34.6 Å². The summed E-state index contributed by atoms with van der Waals surface area (Å²) in [5.74, 6) is -8.71. The summed E-state index contributed by atoms with van der Waals surface area (Å²) in [4.78, 5) is 132. The van der Waals surface area contributed by atoms with Crippen LogP contribution in [-0.2, 0) is 54.4 Å². The normalized spacial score (nSPS) is 14.6. The Hall–Kier alpha value is -6.36. The van der Waals surface area contributed by atoms with Gasteiger partial charge in [0.1, 0.15) is 42.0 Å². The van der Waals surface area contributed by atoms with Gasteiger partial charge in [0.25, 0.3) is 0 Å². The number of carbonyl (C=O) groups is 10. The summed E-state index contributed by atoms with van der Waals surface area (Å²) in [6.45, 7) is 12.6. The number of nitrogens with two attached hydrogens (primary N) is 2. The van der Waals surface area contributed by atoms with Crippen LogP contribution in [0.1, 0.15) is 170 Å². The third-order valence-corrected chi connectivity index (χ3v) is 13.9. The van der Waals surface area contributed by atoms with Crippen LogP contribution in [0.25, 0.3) is 0 Å². The Kier molecular flexibility index (Phi) is 35.7. The Morgan fingerprint density at radius 1 is 0.481 bits per heavy atom. The second-order valence-corrected chi connectivity index (χ2v) is 21.1. The number of hydrogen-bond acceptors (Lipinski definition) is 13. The molecule has 448 valence electrons. The van der Waals surface area contributed by atoms with Crippen LogP contribution < -0.4 is 59.3 Å². The summed E-state index contributed by atoms with van der Waals surface area (Å²) in [5.41, 5.74) is 11.7. The van der Waals surface area contributed by atoms with E-state index in [4.69, 9.17) is 11.5 Å². The third-order valence-electron chi connectivity index (χ3n) is 13.9. The van der Waals surface area contributed by atoms with Crippen molar-refractivity contribution in [1.29, 1.82) is 0 Å². The molecular formula is C56H97N11O12. The van der Waals surface area contributed by atoms with Gasteiger partial charge in [-0.15, -0.1) is 0 Å². The summed E-state index contributed by atoms with van der Waals surface area (Å²) >= 11 is 0. The van der Waals surface area contributed by atoms with Gasteiger partial charge in [0, 0.05) is 12.8 Å². The molecule has 0 heterocycles. The van der Waals surface area contributed by atoms with E-state index in [2.05, 4.69) is 54.8 Å². The van der Waals surface area contributed by atoms with E-state index < -0.39 is 120 Å². The summed E-state index contributed by atoms with van der Waals surface area (Å²) in [5, 5.41) is 43.7. The van der Waals surface area contributed by atoms with Crippen molar-refractivity contribution in [2.75, 3.05) is 26.2 Å². The number of rotatable bonds is 42. The molecule has 23 heteroatoms. The first kappa shape index (κ1) is 70.7. The van der Waals surface area contributed by atoms with Gasteiger partial charge >= 0.3 is 0 Å². The highest BCUT2D eigenvalue weighted by Gasteiger charge is 2.36. The molecule has 0 aliphatic rings. The average Bonchev–Trinajstić information content (AvgIpc) is 3.41. The zero-order chi connectivity index (χ0) is 59.5. The maximum absolute atomic E-state index is 14.0. The van der Waals surface area contributed by atoms with Gasteiger partial charge in [0.15, 0.2) is 0 Å². The largest absolute Gasteiger partial charge is 0.508 e. The molecule has 23 nitrogen and oxygen atoms in total. The van der Waals surface area contributed by atoms with E-state index in [0.717, 1.165) is 19.3 Å². The van der Waals surface area contributed by atoms with Gasteiger partial charge in [0.2, 0.25) is 59.1 Å². The number of aliphatic hydroxyl groups excluding tert-OH is 1. The topological polar surface area (TPSA) is 371 Å². The molecule has 79 heavy (non-hydrogen) atoms. The van der Waals surface area contributed by atoms with Gasteiger partial charge < -0.3 is 69.5 Å². The molecule has 0 aliphatic heterocycles. The second-order valence-electron chi connectivity index (χ2n) is 21.1. The fraction of sp³-hybridized carbons (Fsp3) is 0.714. The summed E-state index contributed by atoms with van der Waals surface area (Å²) < 4.78 is 0. The van der Waals surface area contributed by atoms with Crippen molar-refractivity contribution in [3.05, 3.63) is 29.8 Å². The second kappa shape index (κ2) is 39.9. The fourth-order valence-corrected chi connectivity index (χ4v) is 8.43. The molecule has 0 aliphatic carbocycles. The Morgan fingerprint density at radius 3 is 1.51 bits per heavy atom. The molecule has 1 aromatic carbocycles. The molecule has 10 amide bonds. The Balaban J connectivity index is 3.03. The van der Waals surface area contributed by atoms with Gasteiger partial charge in [-0.05, 0) is 74.6 Å². The van der Waals surface area contributed by atoms with Crippen molar-refractivity contribution in [3.63, 3.8) is 0 Å². The Bertz CT molecular complexity index is 2060. The van der Waals surface area contributed by atoms with E-state index >= 15 is 0 Å². The number of aliphatic hydroxyl groups is 1. The number of phenols is 1. The molecule has 0 saturated carbocycles. The van der Waals surface area contributed by atoms with E-state index in [9.17, 15) is 58.2 Å². The fourth-order valence-electron chi connectivity index (χ4n) is 8.43. The SMILES string of the molecule is CCCCCCCCCCCCCC(=O)NCC(=O)NCC(=O)N[C@H](C(=O)N[C@H](C(=O)N[C@H](C(=O)N[C@@H](Cc1ccc(O)cc1)C(=O)NCC(=O)N[C@@H](CCCCN)C(=O)N[C@H](C(N)=O)[C@@H](C)CC)[C@@H](C)O)C(C)C)[C@@H](C)CC. The van der Waals surface area contributed by atoms with Crippen LogP contribution in [0, 0.1) is 17.8 Å². The zero-order valence-corrected chi connectivity index (χ0v) is 48.3. The highest BCUT2D eigenvalue weighted by Crippen LogP contribution is 2.15. The van der Waals surface area contributed by atoms with Crippen LogP contribution in [0.5, 0.6) is 5.75 Å². The van der Waals surface area contributed by atoms with E-state index in [1.165, 1.54) is 76.1 Å². The lowest BCUT2D eigenvalue weighted by molar-refractivity contribution is -0.137.